The summed E-state index contributed by atoms with van der Waals surface area (Å²) in [6.07, 6.45) is 1.22. The summed E-state index contributed by atoms with van der Waals surface area (Å²) in [4.78, 5) is 0. The fraction of sp³-hybridized carbons (Fsp3) is 0.538. The van der Waals surface area contributed by atoms with Gasteiger partial charge in [0.15, 0.2) is 11.5 Å². The summed E-state index contributed by atoms with van der Waals surface area (Å²) in [5, 5.41) is 7.89. The van der Waals surface area contributed by atoms with E-state index in [1.807, 2.05) is 18.2 Å². The molecule has 2 unspecified atom stereocenters. The highest BCUT2D eigenvalue weighted by Gasteiger charge is 2.30. The third-order valence-electron chi connectivity index (χ3n) is 3.64. The summed E-state index contributed by atoms with van der Waals surface area (Å²) in [6, 6.07) is 5.72. The maximum Gasteiger partial charge on any atom is 0.213 e. The van der Waals surface area contributed by atoms with E-state index in [1.165, 1.54) is 0 Å². The van der Waals surface area contributed by atoms with Gasteiger partial charge < -0.3 is 14.8 Å². The van der Waals surface area contributed by atoms with Crippen LogP contribution in [0.2, 0.25) is 0 Å². The van der Waals surface area contributed by atoms with E-state index in [2.05, 4.69) is 5.32 Å². The van der Waals surface area contributed by atoms with Crippen molar-refractivity contribution in [3.8, 4) is 11.5 Å². The predicted molar refractivity (Wildman–Crippen MR) is 76.4 cm³/mol. The molecule has 2 atom stereocenters. The molecule has 7 heteroatoms. The van der Waals surface area contributed by atoms with Crippen molar-refractivity contribution in [3.05, 3.63) is 23.8 Å². The molecule has 1 heterocycles. The zero-order valence-electron chi connectivity index (χ0n) is 11.6. The highest BCUT2D eigenvalue weighted by atomic mass is 32.2. The normalized spacial score (nSPS) is 23.4. The number of nitrogens with two attached hydrogens (primary N) is 1. The summed E-state index contributed by atoms with van der Waals surface area (Å²) in [5.74, 6) is 1.35. The van der Waals surface area contributed by atoms with Gasteiger partial charge in [-0.15, -0.1) is 0 Å². The van der Waals surface area contributed by atoms with E-state index in [-0.39, 0.29) is 6.04 Å². The van der Waals surface area contributed by atoms with Crippen molar-refractivity contribution >= 4 is 10.0 Å². The molecule has 3 N–H and O–H groups in total. The van der Waals surface area contributed by atoms with Crippen LogP contribution in [-0.2, 0) is 10.0 Å². The molecule has 1 fully saturated rings. The van der Waals surface area contributed by atoms with Crippen LogP contribution in [0.25, 0.3) is 0 Å². The molecule has 112 valence electrons. The second-order valence-corrected chi connectivity index (χ2v) is 6.68. The molecular formula is C13H20N2O4S. The Hall–Kier alpha value is -1.31. The van der Waals surface area contributed by atoms with Crippen LogP contribution in [0.3, 0.4) is 0 Å². The summed E-state index contributed by atoms with van der Waals surface area (Å²) >= 11 is 0. The number of piperidine rings is 1. The molecule has 2 rings (SSSR count). The second kappa shape index (κ2) is 5.99. The molecule has 0 spiro atoms. The lowest BCUT2D eigenvalue weighted by Gasteiger charge is -2.30. The van der Waals surface area contributed by atoms with Gasteiger partial charge in [0.25, 0.3) is 0 Å². The van der Waals surface area contributed by atoms with Crippen molar-refractivity contribution in [2.75, 3.05) is 20.8 Å². The van der Waals surface area contributed by atoms with Crippen molar-refractivity contribution < 1.29 is 17.9 Å². The van der Waals surface area contributed by atoms with Crippen LogP contribution in [-0.4, -0.2) is 34.4 Å². The zero-order valence-corrected chi connectivity index (χ0v) is 12.4. The summed E-state index contributed by atoms with van der Waals surface area (Å²) in [7, 11) is -0.294. The average molecular weight is 300 g/mol. The number of primary sulfonamides is 1. The fourth-order valence-electron chi connectivity index (χ4n) is 2.56. The van der Waals surface area contributed by atoms with Crippen molar-refractivity contribution in [2.45, 2.75) is 24.1 Å². The molecule has 1 aliphatic rings. The maximum atomic E-state index is 11.3. The lowest BCUT2D eigenvalue weighted by molar-refractivity contribution is 0.338. The van der Waals surface area contributed by atoms with Gasteiger partial charge in [-0.05, 0) is 18.9 Å². The van der Waals surface area contributed by atoms with Crippen LogP contribution in [0.4, 0.5) is 0 Å². The summed E-state index contributed by atoms with van der Waals surface area (Å²) in [5.41, 5.74) is 0.972. The van der Waals surface area contributed by atoms with Gasteiger partial charge in [0.2, 0.25) is 10.0 Å². The lowest BCUT2D eigenvalue weighted by Crippen LogP contribution is -2.43. The number of hydrogen-bond acceptors (Lipinski definition) is 5. The van der Waals surface area contributed by atoms with Gasteiger partial charge in [-0.25, -0.2) is 13.6 Å². The van der Waals surface area contributed by atoms with E-state index in [9.17, 15) is 8.42 Å². The number of ether oxygens (including phenoxy) is 2. The number of hydrogen-bond donors (Lipinski definition) is 2. The maximum absolute atomic E-state index is 11.3. The van der Waals surface area contributed by atoms with Crippen LogP contribution >= 0.6 is 0 Å². The molecule has 1 saturated heterocycles. The first kappa shape index (κ1) is 15.1. The Kier molecular flexibility index (Phi) is 4.52. The van der Waals surface area contributed by atoms with Gasteiger partial charge in [-0.1, -0.05) is 12.1 Å². The molecule has 0 bridgehead atoms. The average Bonchev–Trinajstić information content (AvgIpc) is 2.45. The molecule has 20 heavy (non-hydrogen) atoms. The first-order chi connectivity index (χ1) is 9.47. The van der Waals surface area contributed by atoms with Crippen LogP contribution in [0.5, 0.6) is 11.5 Å². The smallest absolute Gasteiger partial charge is 0.213 e. The van der Waals surface area contributed by atoms with Gasteiger partial charge in [0.05, 0.1) is 19.5 Å². The van der Waals surface area contributed by atoms with E-state index in [0.717, 1.165) is 5.56 Å². The summed E-state index contributed by atoms with van der Waals surface area (Å²) < 4.78 is 33.4. The van der Waals surface area contributed by atoms with Gasteiger partial charge in [-0.2, -0.15) is 0 Å². The molecule has 0 amide bonds. The summed E-state index contributed by atoms with van der Waals surface area (Å²) in [6.45, 7) is 0.351. The number of rotatable bonds is 4. The van der Waals surface area contributed by atoms with Crippen molar-refractivity contribution in [2.24, 2.45) is 5.14 Å². The van der Waals surface area contributed by atoms with Crippen LogP contribution in [0, 0.1) is 0 Å². The molecule has 0 radical (unpaired) electrons. The predicted octanol–water partition coefficient (Wildman–Crippen LogP) is 0.785. The van der Waals surface area contributed by atoms with E-state index in [1.54, 1.807) is 14.2 Å². The van der Waals surface area contributed by atoms with Crippen molar-refractivity contribution in [1.82, 2.24) is 5.32 Å². The Labute approximate surface area is 119 Å². The van der Waals surface area contributed by atoms with Crippen LogP contribution in [0.1, 0.15) is 24.4 Å². The first-order valence-electron chi connectivity index (χ1n) is 6.43. The number of nitrogens with one attached hydrogen (secondary N) is 1. The number of para-hydroxylation sites is 1. The minimum atomic E-state index is -3.48. The Morgan fingerprint density at radius 3 is 2.50 bits per heavy atom. The lowest BCUT2D eigenvalue weighted by atomic mass is 9.96. The molecule has 0 saturated carbocycles. The van der Waals surface area contributed by atoms with E-state index in [4.69, 9.17) is 14.6 Å². The number of methoxy groups -OCH3 is 2. The monoisotopic (exact) mass is 300 g/mol. The second-order valence-electron chi connectivity index (χ2n) is 4.83. The molecule has 1 aromatic rings. The number of benzene rings is 1. The Bertz CT molecular complexity index is 566. The topological polar surface area (TPSA) is 90.7 Å². The highest BCUT2D eigenvalue weighted by molar-refractivity contribution is 7.89. The quantitative estimate of drug-likeness (QED) is 0.857. The molecule has 1 aliphatic heterocycles. The van der Waals surface area contributed by atoms with Crippen molar-refractivity contribution in [3.63, 3.8) is 0 Å². The third kappa shape index (κ3) is 3.05. The number of sulfonamides is 1. The van der Waals surface area contributed by atoms with E-state index < -0.39 is 15.3 Å². The van der Waals surface area contributed by atoms with Gasteiger partial charge in [-0.3, -0.25) is 0 Å². The minimum absolute atomic E-state index is 0.0399. The molecule has 0 aliphatic carbocycles. The Morgan fingerprint density at radius 1 is 1.25 bits per heavy atom. The van der Waals surface area contributed by atoms with E-state index in [0.29, 0.717) is 30.9 Å². The van der Waals surface area contributed by atoms with Gasteiger partial charge in [0.1, 0.15) is 0 Å². The Morgan fingerprint density at radius 2 is 2.00 bits per heavy atom. The standard InChI is InChI=1S/C13H20N2O4S/c1-18-12-5-3-4-10(13(12)19-2)11-7-6-9(8-15-11)20(14,16)17/h3-5,9,11,15H,6-8H2,1-2H3,(H2,14,16,17). The highest BCUT2D eigenvalue weighted by Crippen LogP contribution is 2.37. The van der Waals surface area contributed by atoms with Gasteiger partial charge in [0, 0.05) is 18.2 Å². The van der Waals surface area contributed by atoms with Gasteiger partial charge >= 0.3 is 0 Å². The third-order valence-corrected chi connectivity index (χ3v) is 4.97. The van der Waals surface area contributed by atoms with Crippen molar-refractivity contribution in [1.29, 1.82) is 0 Å². The molecule has 6 nitrogen and oxygen atoms in total. The fourth-order valence-corrected chi connectivity index (χ4v) is 3.36. The first-order valence-corrected chi connectivity index (χ1v) is 8.04. The SMILES string of the molecule is COc1cccc(C2CCC(S(N)(=O)=O)CN2)c1OC. The van der Waals surface area contributed by atoms with Crippen LogP contribution < -0.4 is 19.9 Å². The largest absolute Gasteiger partial charge is 0.493 e. The van der Waals surface area contributed by atoms with Crippen LogP contribution in [0.15, 0.2) is 18.2 Å². The molecular weight excluding hydrogens is 280 g/mol. The zero-order chi connectivity index (χ0) is 14.8. The molecule has 0 aromatic heterocycles. The Balaban J connectivity index is 2.19. The molecule has 1 aromatic carbocycles. The van der Waals surface area contributed by atoms with E-state index >= 15 is 0 Å². The minimum Gasteiger partial charge on any atom is -0.493 e.